The maximum Gasteiger partial charge on any atom is 0.184 e. The third-order valence-electron chi connectivity index (χ3n) is 2.60. The molecule has 1 fully saturated rings. The molecular weight excluding hydrogens is 184 g/mol. The molecule has 1 aliphatic rings. The lowest BCUT2D eigenvalue weighted by Gasteiger charge is -2.04. The van der Waals surface area contributed by atoms with Crippen molar-refractivity contribution in [2.24, 2.45) is 5.92 Å². The summed E-state index contributed by atoms with van der Waals surface area (Å²) in [6.07, 6.45) is 7.24. The highest BCUT2D eigenvalue weighted by molar-refractivity contribution is 6.99. The number of nitrogens with zero attached hydrogens (tertiary/aromatic N) is 2. The number of hydrogen-bond acceptors (Lipinski definition) is 4. The third-order valence-corrected chi connectivity index (χ3v) is 3.07. The molecule has 1 aromatic rings. The Kier molecular flexibility index (Phi) is 2.68. The molecular formula is C9H12N2OS. The summed E-state index contributed by atoms with van der Waals surface area (Å²) in [5.41, 5.74) is 0.553. The highest BCUT2D eigenvalue weighted by Crippen LogP contribution is 2.28. The van der Waals surface area contributed by atoms with Crippen molar-refractivity contribution >= 4 is 17.5 Å². The molecule has 0 unspecified atom stereocenters. The van der Waals surface area contributed by atoms with Crippen LogP contribution in [0.4, 0.5) is 0 Å². The van der Waals surface area contributed by atoms with Crippen molar-refractivity contribution in [2.45, 2.75) is 32.1 Å². The van der Waals surface area contributed by atoms with Crippen molar-refractivity contribution in [3.05, 3.63) is 11.9 Å². The zero-order valence-electron chi connectivity index (χ0n) is 7.40. The summed E-state index contributed by atoms with van der Waals surface area (Å²) in [6.45, 7) is 0. The molecule has 1 heterocycles. The van der Waals surface area contributed by atoms with Crippen molar-refractivity contribution in [3.63, 3.8) is 0 Å². The number of rotatable bonds is 3. The summed E-state index contributed by atoms with van der Waals surface area (Å²) in [6, 6.07) is 0. The second kappa shape index (κ2) is 3.96. The minimum absolute atomic E-state index is 0.167. The number of aromatic nitrogens is 2. The SMILES string of the molecule is O=C(CC1CCCC1)c1cnsn1. The fourth-order valence-electron chi connectivity index (χ4n) is 1.87. The number of Topliss-reactive ketones (excluding diaryl/α,β-unsaturated/α-hetero) is 1. The Hall–Kier alpha value is -0.770. The number of hydrogen-bond donors (Lipinski definition) is 0. The first kappa shape index (κ1) is 8.81. The summed E-state index contributed by atoms with van der Waals surface area (Å²) in [5, 5.41) is 0. The van der Waals surface area contributed by atoms with Gasteiger partial charge in [-0.2, -0.15) is 8.75 Å². The lowest BCUT2D eigenvalue weighted by Crippen LogP contribution is -2.05. The van der Waals surface area contributed by atoms with E-state index >= 15 is 0 Å². The quantitative estimate of drug-likeness (QED) is 0.697. The fraction of sp³-hybridized carbons (Fsp3) is 0.667. The van der Waals surface area contributed by atoms with Gasteiger partial charge in [-0.25, -0.2) is 0 Å². The van der Waals surface area contributed by atoms with Gasteiger partial charge in [0.05, 0.1) is 17.9 Å². The summed E-state index contributed by atoms with van der Waals surface area (Å²) < 4.78 is 7.77. The molecule has 0 bridgehead atoms. The fourth-order valence-corrected chi connectivity index (χ4v) is 2.30. The Bertz CT molecular complexity index is 278. The van der Waals surface area contributed by atoms with Crippen molar-refractivity contribution in [2.75, 3.05) is 0 Å². The number of carbonyl (C=O) groups is 1. The summed E-state index contributed by atoms with van der Waals surface area (Å²) in [4.78, 5) is 11.6. The van der Waals surface area contributed by atoms with Gasteiger partial charge in [0, 0.05) is 6.42 Å². The smallest absolute Gasteiger partial charge is 0.184 e. The van der Waals surface area contributed by atoms with Crippen molar-refractivity contribution in [1.82, 2.24) is 8.75 Å². The van der Waals surface area contributed by atoms with Crippen LogP contribution in [0, 0.1) is 5.92 Å². The van der Waals surface area contributed by atoms with Crippen molar-refractivity contribution in [1.29, 1.82) is 0 Å². The Morgan fingerprint density at radius 3 is 2.92 bits per heavy atom. The molecule has 70 valence electrons. The van der Waals surface area contributed by atoms with Gasteiger partial charge >= 0.3 is 0 Å². The van der Waals surface area contributed by atoms with Crippen LogP contribution in [-0.4, -0.2) is 14.5 Å². The number of carbonyl (C=O) groups excluding carboxylic acids is 1. The van der Waals surface area contributed by atoms with E-state index in [-0.39, 0.29) is 5.78 Å². The van der Waals surface area contributed by atoms with Gasteiger partial charge in [0.25, 0.3) is 0 Å². The highest BCUT2D eigenvalue weighted by Gasteiger charge is 2.20. The zero-order chi connectivity index (χ0) is 9.10. The Morgan fingerprint density at radius 1 is 1.54 bits per heavy atom. The molecule has 0 radical (unpaired) electrons. The van der Waals surface area contributed by atoms with Crippen LogP contribution in [-0.2, 0) is 0 Å². The molecule has 1 aliphatic carbocycles. The first-order valence-electron chi connectivity index (χ1n) is 4.67. The topological polar surface area (TPSA) is 42.9 Å². The second-order valence-corrected chi connectivity index (χ2v) is 4.13. The predicted octanol–water partition coefficient (Wildman–Crippen LogP) is 2.30. The lowest BCUT2D eigenvalue weighted by molar-refractivity contribution is 0.0958. The molecule has 0 atom stereocenters. The summed E-state index contributed by atoms with van der Waals surface area (Å²) in [7, 11) is 0. The molecule has 2 rings (SSSR count). The average Bonchev–Trinajstić information content (AvgIpc) is 2.74. The largest absolute Gasteiger partial charge is 0.292 e. The van der Waals surface area contributed by atoms with E-state index in [0.29, 0.717) is 18.0 Å². The van der Waals surface area contributed by atoms with E-state index in [9.17, 15) is 4.79 Å². The molecule has 0 aliphatic heterocycles. The zero-order valence-corrected chi connectivity index (χ0v) is 8.22. The standard InChI is InChI=1S/C9H12N2OS/c12-9(8-6-10-13-11-8)5-7-3-1-2-4-7/h6-7H,1-5H2. The minimum atomic E-state index is 0.167. The summed E-state index contributed by atoms with van der Waals surface area (Å²) >= 11 is 1.10. The van der Waals surface area contributed by atoms with Crippen molar-refractivity contribution in [3.8, 4) is 0 Å². The first-order valence-corrected chi connectivity index (χ1v) is 5.40. The van der Waals surface area contributed by atoms with Crippen LogP contribution in [0.2, 0.25) is 0 Å². The maximum absolute atomic E-state index is 11.6. The van der Waals surface area contributed by atoms with Crippen LogP contribution in [0.1, 0.15) is 42.6 Å². The van der Waals surface area contributed by atoms with Gasteiger partial charge < -0.3 is 0 Å². The van der Waals surface area contributed by atoms with E-state index in [1.54, 1.807) is 6.20 Å². The van der Waals surface area contributed by atoms with E-state index in [4.69, 9.17) is 0 Å². The van der Waals surface area contributed by atoms with Gasteiger partial charge in [-0.3, -0.25) is 4.79 Å². The molecule has 0 saturated heterocycles. The predicted molar refractivity (Wildman–Crippen MR) is 50.8 cm³/mol. The first-order chi connectivity index (χ1) is 6.36. The van der Waals surface area contributed by atoms with Gasteiger partial charge in [-0.05, 0) is 5.92 Å². The molecule has 13 heavy (non-hydrogen) atoms. The molecule has 4 heteroatoms. The van der Waals surface area contributed by atoms with Crippen molar-refractivity contribution < 1.29 is 4.79 Å². The Labute approximate surface area is 81.5 Å². The highest BCUT2D eigenvalue weighted by atomic mass is 32.1. The second-order valence-electron chi connectivity index (χ2n) is 3.57. The normalized spacial score (nSPS) is 17.8. The van der Waals surface area contributed by atoms with Gasteiger partial charge in [-0.1, -0.05) is 25.7 Å². The molecule has 0 spiro atoms. The van der Waals surface area contributed by atoms with Gasteiger partial charge in [0.2, 0.25) is 0 Å². The lowest BCUT2D eigenvalue weighted by atomic mass is 10.00. The van der Waals surface area contributed by atoms with Crippen LogP contribution >= 0.6 is 11.7 Å². The van der Waals surface area contributed by atoms with E-state index in [1.165, 1.54) is 25.7 Å². The molecule has 0 aromatic carbocycles. The maximum atomic E-state index is 11.6. The monoisotopic (exact) mass is 196 g/mol. The van der Waals surface area contributed by atoms with E-state index in [2.05, 4.69) is 8.75 Å². The molecule has 0 amide bonds. The van der Waals surface area contributed by atoms with Crippen LogP contribution in [0.5, 0.6) is 0 Å². The van der Waals surface area contributed by atoms with Crippen LogP contribution in [0.15, 0.2) is 6.20 Å². The van der Waals surface area contributed by atoms with Crippen LogP contribution in [0.3, 0.4) is 0 Å². The molecule has 1 aromatic heterocycles. The van der Waals surface area contributed by atoms with Gasteiger partial charge in [-0.15, -0.1) is 0 Å². The minimum Gasteiger partial charge on any atom is -0.292 e. The van der Waals surface area contributed by atoms with E-state index in [1.807, 2.05) is 0 Å². The van der Waals surface area contributed by atoms with E-state index in [0.717, 1.165) is 11.7 Å². The Balaban J connectivity index is 1.91. The van der Waals surface area contributed by atoms with Gasteiger partial charge in [0.1, 0.15) is 5.69 Å². The summed E-state index contributed by atoms with van der Waals surface area (Å²) in [5.74, 6) is 0.773. The van der Waals surface area contributed by atoms with Crippen LogP contribution in [0.25, 0.3) is 0 Å². The average molecular weight is 196 g/mol. The van der Waals surface area contributed by atoms with E-state index < -0.39 is 0 Å². The Morgan fingerprint density at radius 2 is 2.31 bits per heavy atom. The van der Waals surface area contributed by atoms with Crippen LogP contribution < -0.4 is 0 Å². The molecule has 0 N–H and O–H groups in total. The third kappa shape index (κ3) is 2.12. The molecule has 1 saturated carbocycles. The number of ketones is 1. The molecule has 3 nitrogen and oxygen atoms in total. The van der Waals surface area contributed by atoms with Gasteiger partial charge in [0.15, 0.2) is 5.78 Å².